The van der Waals surface area contributed by atoms with Crippen LogP contribution in [-0.2, 0) is 0 Å². The summed E-state index contributed by atoms with van der Waals surface area (Å²) < 4.78 is 9.50. The first kappa shape index (κ1) is 8.63. The Balaban J connectivity index is 0.000000291. The average Bonchev–Trinajstić information content (AvgIpc) is 2.43. The molecule has 1 rings (SSSR count). The molecule has 0 amide bonds. The molecule has 1 saturated heterocycles. The highest BCUT2D eigenvalue weighted by atomic mass is 19.1. The summed E-state index contributed by atoms with van der Waals surface area (Å²) in [5, 5.41) is 3.25. The number of hydrogen-bond acceptors (Lipinski definition) is 1. The van der Waals surface area contributed by atoms with Crippen molar-refractivity contribution in [2.45, 2.75) is 6.42 Å². The smallest absolute Gasteiger partial charge is 0.0785 e. The molecule has 0 radical (unpaired) electrons. The van der Waals surface area contributed by atoms with Gasteiger partial charge in [0.15, 0.2) is 0 Å². The molecular formula is C7H14FN. The lowest BCUT2D eigenvalue weighted by atomic mass is 10.1. The fourth-order valence-electron chi connectivity index (χ4n) is 0.878. The van der Waals surface area contributed by atoms with Crippen molar-refractivity contribution in [3.63, 3.8) is 0 Å². The van der Waals surface area contributed by atoms with Gasteiger partial charge in [0.25, 0.3) is 0 Å². The van der Waals surface area contributed by atoms with E-state index in [9.17, 15) is 4.39 Å². The van der Waals surface area contributed by atoms with Gasteiger partial charge in [-0.1, -0.05) is 6.08 Å². The lowest BCUT2D eigenvalue weighted by Gasteiger charge is -1.93. The molecule has 0 saturated carbocycles. The Morgan fingerprint density at radius 3 is 2.56 bits per heavy atom. The van der Waals surface area contributed by atoms with Crippen molar-refractivity contribution >= 4 is 0 Å². The van der Waals surface area contributed by atoms with Crippen molar-refractivity contribution < 1.29 is 4.39 Å². The van der Waals surface area contributed by atoms with E-state index >= 15 is 0 Å². The summed E-state index contributed by atoms with van der Waals surface area (Å²) in [7, 11) is 0.500. The minimum absolute atomic E-state index is 0.500. The summed E-state index contributed by atoms with van der Waals surface area (Å²) in [4.78, 5) is 0. The van der Waals surface area contributed by atoms with Crippen LogP contribution in [0.5, 0.6) is 0 Å². The van der Waals surface area contributed by atoms with Gasteiger partial charge in [-0.25, -0.2) is 0 Å². The summed E-state index contributed by atoms with van der Waals surface area (Å²) in [6.45, 7) is 6.02. The van der Waals surface area contributed by atoms with E-state index in [2.05, 4.69) is 11.9 Å². The van der Waals surface area contributed by atoms with E-state index in [0.29, 0.717) is 7.18 Å². The predicted molar refractivity (Wildman–Crippen MR) is 38.2 cm³/mol. The van der Waals surface area contributed by atoms with E-state index in [1.807, 2.05) is 6.08 Å². The summed E-state index contributed by atoms with van der Waals surface area (Å²) in [6.07, 6.45) is 3.31. The molecule has 1 unspecified atom stereocenters. The molecule has 1 N–H and O–H groups in total. The second-order valence-corrected chi connectivity index (χ2v) is 1.99. The maximum absolute atomic E-state index is 9.50. The van der Waals surface area contributed by atoms with Crippen molar-refractivity contribution in [1.82, 2.24) is 5.32 Å². The molecule has 1 heterocycles. The fraction of sp³-hybridized carbons (Fsp3) is 0.714. The first-order valence-corrected chi connectivity index (χ1v) is 3.14. The van der Waals surface area contributed by atoms with E-state index in [4.69, 9.17) is 0 Å². The van der Waals surface area contributed by atoms with Crippen LogP contribution in [0, 0.1) is 5.92 Å². The molecule has 9 heavy (non-hydrogen) atoms. The monoisotopic (exact) mass is 131 g/mol. The number of hydrogen-bond donors (Lipinski definition) is 1. The van der Waals surface area contributed by atoms with Gasteiger partial charge in [0.2, 0.25) is 0 Å². The molecule has 0 aromatic rings. The topological polar surface area (TPSA) is 12.0 Å². The first-order chi connectivity index (χ1) is 4.43. The van der Waals surface area contributed by atoms with Crippen LogP contribution in [-0.4, -0.2) is 20.3 Å². The van der Waals surface area contributed by atoms with Gasteiger partial charge in [-0.2, -0.15) is 0 Å². The van der Waals surface area contributed by atoms with Gasteiger partial charge in [-0.05, 0) is 18.9 Å². The molecule has 1 aliphatic rings. The largest absolute Gasteiger partial charge is 0.316 e. The third-order valence-electron chi connectivity index (χ3n) is 1.43. The maximum Gasteiger partial charge on any atom is 0.0785 e. The van der Waals surface area contributed by atoms with E-state index in [1.54, 1.807) is 0 Å². The third kappa shape index (κ3) is 3.25. The molecule has 0 aromatic heterocycles. The van der Waals surface area contributed by atoms with E-state index in [-0.39, 0.29) is 0 Å². The van der Waals surface area contributed by atoms with Crippen molar-refractivity contribution in [1.29, 1.82) is 0 Å². The minimum atomic E-state index is 0.500. The van der Waals surface area contributed by atoms with Crippen molar-refractivity contribution in [3.8, 4) is 0 Å². The molecule has 54 valence electrons. The number of nitrogens with one attached hydrogen (secondary N) is 1. The Kier molecular flexibility index (Phi) is 5.52. The molecule has 0 aliphatic carbocycles. The molecule has 0 spiro atoms. The van der Waals surface area contributed by atoms with Gasteiger partial charge in [-0.3, -0.25) is 4.39 Å². The molecule has 2 heteroatoms. The standard InChI is InChI=1S/C6H11N.CH3F/c1-2-6-3-4-7-5-6;1-2/h2,6-7H,1,3-5H2;1H3. The van der Waals surface area contributed by atoms with Gasteiger partial charge < -0.3 is 5.32 Å². The van der Waals surface area contributed by atoms with Gasteiger partial charge in [-0.15, -0.1) is 6.58 Å². The van der Waals surface area contributed by atoms with Gasteiger partial charge >= 0.3 is 0 Å². The Labute approximate surface area is 56.0 Å². The summed E-state index contributed by atoms with van der Waals surface area (Å²) in [6, 6.07) is 0. The van der Waals surface area contributed by atoms with Gasteiger partial charge in [0.05, 0.1) is 7.18 Å². The van der Waals surface area contributed by atoms with Crippen LogP contribution in [0.1, 0.15) is 6.42 Å². The van der Waals surface area contributed by atoms with E-state index < -0.39 is 0 Å². The van der Waals surface area contributed by atoms with Crippen LogP contribution in [0.3, 0.4) is 0 Å². The molecule has 1 atom stereocenters. The molecule has 1 aliphatic heterocycles. The lowest BCUT2D eigenvalue weighted by Crippen LogP contribution is -2.06. The molecule has 1 fully saturated rings. The highest BCUT2D eigenvalue weighted by molar-refractivity contribution is 4.84. The van der Waals surface area contributed by atoms with Crippen LogP contribution in [0.4, 0.5) is 4.39 Å². The van der Waals surface area contributed by atoms with E-state index in [0.717, 1.165) is 12.5 Å². The minimum Gasteiger partial charge on any atom is -0.316 e. The average molecular weight is 131 g/mol. The Bertz CT molecular complexity index is 67.3. The molecular weight excluding hydrogens is 117 g/mol. The maximum atomic E-state index is 9.50. The fourth-order valence-corrected chi connectivity index (χ4v) is 0.878. The first-order valence-electron chi connectivity index (χ1n) is 3.14. The highest BCUT2D eigenvalue weighted by Gasteiger charge is 2.08. The molecule has 1 nitrogen and oxygen atoms in total. The van der Waals surface area contributed by atoms with Gasteiger partial charge in [0.1, 0.15) is 0 Å². The van der Waals surface area contributed by atoms with E-state index in [1.165, 1.54) is 13.0 Å². The quantitative estimate of drug-likeness (QED) is 0.530. The predicted octanol–water partition coefficient (Wildman–Crippen LogP) is 1.37. The second kappa shape index (κ2) is 5.76. The second-order valence-electron chi connectivity index (χ2n) is 1.99. The summed E-state index contributed by atoms with van der Waals surface area (Å²) >= 11 is 0. The third-order valence-corrected chi connectivity index (χ3v) is 1.43. The molecule has 0 aromatic carbocycles. The zero-order chi connectivity index (χ0) is 7.11. The van der Waals surface area contributed by atoms with Crippen molar-refractivity contribution in [3.05, 3.63) is 12.7 Å². The van der Waals surface area contributed by atoms with Crippen LogP contribution < -0.4 is 5.32 Å². The van der Waals surface area contributed by atoms with Crippen LogP contribution in [0.25, 0.3) is 0 Å². The number of rotatable bonds is 1. The van der Waals surface area contributed by atoms with Crippen LogP contribution in [0.2, 0.25) is 0 Å². The highest BCUT2D eigenvalue weighted by Crippen LogP contribution is 2.06. The van der Waals surface area contributed by atoms with Crippen molar-refractivity contribution in [2.75, 3.05) is 20.3 Å². The summed E-state index contributed by atoms with van der Waals surface area (Å²) in [5.74, 6) is 0.750. The SMILES string of the molecule is C=CC1CCNC1.CF. The number of alkyl halides is 1. The Morgan fingerprint density at radius 1 is 1.67 bits per heavy atom. The summed E-state index contributed by atoms with van der Waals surface area (Å²) in [5.41, 5.74) is 0. The Morgan fingerprint density at radius 2 is 2.33 bits per heavy atom. The zero-order valence-corrected chi connectivity index (χ0v) is 5.86. The van der Waals surface area contributed by atoms with Crippen molar-refractivity contribution in [2.24, 2.45) is 5.92 Å². The zero-order valence-electron chi connectivity index (χ0n) is 5.86. The Hall–Kier alpha value is -0.370. The van der Waals surface area contributed by atoms with Gasteiger partial charge in [0, 0.05) is 6.54 Å². The lowest BCUT2D eigenvalue weighted by molar-refractivity contribution is 0.636. The molecule has 0 bridgehead atoms. The normalized spacial score (nSPS) is 24.4. The van der Waals surface area contributed by atoms with Crippen LogP contribution in [0.15, 0.2) is 12.7 Å². The number of halogens is 1. The van der Waals surface area contributed by atoms with Crippen LogP contribution >= 0.6 is 0 Å².